The lowest BCUT2D eigenvalue weighted by Gasteiger charge is -2.42. The van der Waals surface area contributed by atoms with Crippen molar-refractivity contribution in [2.75, 3.05) is 31.5 Å². The first-order valence-corrected chi connectivity index (χ1v) is 12.0. The molecular weight excluding hydrogens is 438 g/mol. The summed E-state index contributed by atoms with van der Waals surface area (Å²) >= 11 is 0. The largest absolute Gasteiger partial charge is 0.355 e. The maximum absolute atomic E-state index is 12.7. The lowest BCUT2D eigenvalue weighted by atomic mass is 9.72. The van der Waals surface area contributed by atoms with Gasteiger partial charge in [0.15, 0.2) is 5.78 Å². The molecule has 1 saturated heterocycles. The van der Waals surface area contributed by atoms with Gasteiger partial charge in [-0.3, -0.25) is 19.3 Å². The molecule has 6 nitrogen and oxygen atoms in total. The predicted molar refractivity (Wildman–Crippen MR) is 137 cm³/mol. The average molecular weight is 470 g/mol. The van der Waals surface area contributed by atoms with E-state index in [1.807, 2.05) is 36.4 Å². The van der Waals surface area contributed by atoms with Crippen molar-refractivity contribution in [2.45, 2.75) is 25.2 Å². The van der Waals surface area contributed by atoms with Crippen molar-refractivity contribution >= 4 is 23.3 Å². The summed E-state index contributed by atoms with van der Waals surface area (Å²) in [6.07, 6.45) is 1.72. The molecule has 180 valence electrons. The van der Waals surface area contributed by atoms with Gasteiger partial charge in [-0.05, 0) is 55.8 Å². The molecule has 0 radical (unpaired) electrons. The standard InChI is InChI=1S/C29H31N3O3/c1-22(33)30-21-29(25-10-6-3-7-11-25)16-18-32(19-17-29)20-27(34)31-26-14-12-24(13-15-26)28(35)23-8-4-2-5-9-23/h2-15H,16-21H2,1H3,(H,30,33)(H,31,34). The quantitative estimate of drug-likeness (QED) is 0.489. The number of amides is 2. The Labute approximate surface area is 206 Å². The first-order chi connectivity index (χ1) is 16.9. The van der Waals surface area contributed by atoms with Gasteiger partial charge in [-0.1, -0.05) is 60.7 Å². The van der Waals surface area contributed by atoms with Crippen LogP contribution in [0.15, 0.2) is 84.9 Å². The third-order valence-corrected chi connectivity index (χ3v) is 6.71. The normalized spacial score (nSPS) is 15.2. The number of nitrogens with one attached hydrogen (secondary N) is 2. The van der Waals surface area contributed by atoms with Crippen molar-refractivity contribution in [3.63, 3.8) is 0 Å². The molecule has 1 aliphatic heterocycles. The summed E-state index contributed by atoms with van der Waals surface area (Å²) in [6, 6.07) is 26.4. The number of piperidine rings is 1. The highest BCUT2D eigenvalue weighted by Gasteiger charge is 2.36. The molecule has 4 rings (SSSR count). The molecule has 0 spiro atoms. The maximum Gasteiger partial charge on any atom is 0.238 e. The number of rotatable bonds is 8. The van der Waals surface area contributed by atoms with Crippen LogP contribution in [0, 0.1) is 0 Å². The Hall–Kier alpha value is -3.77. The van der Waals surface area contributed by atoms with Gasteiger partial charge >= 0.3 is 0 Å². The van der Waals surface area contributed by atoms with Crippen LogP contribution in [0.4, 0.5) is 5.69 Å². The van der Waals surface area contributed by atoms with E-state index in [4.69, 9.17) is 0 Å². The molecule has 0 aliphatic carbocycles. The van der Waals surface area contributed by atoms with Gasteiger partial charge in [0.25, 0.3) is 0 Å². The molecule has 6 heteroatoms. The number of likely N-dealkylation sites (tertiary alicyclic amines) is 1. The van der Waals surface area contributed by atoms with Gasteiger partial charge in [0.05, 0.1) is 6.54 Å². The van der Waals surface area contributed by atoms with E-state index in [1.165, 1.54) is 5.56 Å². The fourth-order valence-electron chi connectivity index (χ4n) is 4.66. The molecule has 0 unspecified atom stereocenters. The highest BCUT2D eigenvalue weighted by molar-refractivity contribution is 6.09. The van der Waals surface area contributed by atoms with Crippen LogP contribution in [0.3, 0.4) is 0 Å². The second kappa shape index (κ2) is 11.1. The fourth-order valence-corrected chi connectivity index (χ4v) is 4.66. The first-order valence-electron chi connectivity index (χ1n) is 12.0. The van der Waals surface area contributed by atoms with Crippen LogP contribution in [0.1, 0.15) is 41.3 Å². The van der Waals surface area contributed by atoms with E-state index < -0.39 is 0 Å². The highest BCUT2D eigenvalue weighted by Crippen LogP contribution is 2.35. The molecule has 2 amide bonds. The molecular formula is C29H31N3O3. The molecule has 1 heterocycles. The van der Waals surface area contributed by atoms with Gasteiger partial charge in [0.1, 0.15) is 0 Å². The Morgan fingerprint density at radius 3 is 1.97 bits per heavy atom. The van der Waals surface area contributed by atoms with Crippen molar-refractivity contribution in [1.29, 1.82) is 0 Å². The van der Waals surface area contributed by atoms with Gasteiger partial charge < -0.3 is 10.6 Å². The van der Waals surface area contributed by atoms with Gasteiger partial charge in [-0.15, -0.1) is 0 Å². The fraction of sp³-hybridized carbons (Fsp3) is 0.276. The first kappa shape index (κ1) is 24.4. The molecule has 3 aromatic carbocycles. The summed E-state index contributed by atoms with van der Waals surface area (Å²) in [6.45, 7) is 3.98. The van der Waals surface area contributed by atoms with Gasteiger partial charge in [0.2, 0.25) is 11.8 Å². The third-order valence-electron chi connectivity index (χ3n) is 6.71. The van der Waals surface area contributed by atoms with Crippen LogP contribution in [0.2, 0.25) is 0 Å². The van der Waals surface area contributed by atoms with Crippen molar-refractivity contribution in [1.82, 2.24) is 10.2 Å². The number of hydrogen-bond donors (Lipinski definition) is 2. The Morgan fingerprint density at radius 2 is 1.37 bits per heavy atom. The molecule has 2 N–H and O–H groups in total. The van der Waals surface area contributed by atoms with Crippen LogP contribution in [-0.4, -0.2) is 48.7 Å². The van der Waals surface area contributed by atoms with E-state index in [1.54, 1.807) is 43.3 Å². The third kappa shape index (κ3) is 6.22. The number of carbonyl (C=O) groups excluding carboxylic acids is 3. The summed E-state index contributed by atoms with van der Waals surface area (Å²) in [4.78, 5) is 39.0. The smallest absolute Gasteiger partial charge is 0.238 e. The number of ketones is 1. The Bertz CT molecular complexity index is 1150. The molecule has 35 heavy (non-hydrogen) atoms. The van der Waals surface area contributed by atoms with Crippen LogP contribution in [0.25, 0.3) is 0 Å². The van der Waals surface area contributed by atoms with Crippen LogP contribution in [0.5, 0.6) is 0 Å². The Kier molecular flexibility index (Phi) is 7.73. The van der Waals surface area contributed by atoms with Crippen molar-refractivity contribution in [3.8, 4) is 0 Å². The molecule has 0 bridgehead atoms. The van der Waals surface area contributed by atoms with E-state index in [2.05, 4.69) is 27.7 Å². The van der Waals surface area contributed by atoms with E-state index in [-0.39, 0.29) is 23.0 Å². The second-order valence-corrected chi connectivity index (χ2v) is 9.15. The van der Waals surface area contributed by atoms with E-state index in [0.717, 1.165) is 25.9 Å². The Balaban J connectivity index is 1.32. The summed E-state index contributed by atoms with van der Waals surface area (Å²) < 4.78 is 0. The predicted octanol–water partition coefficient (Wildman–Crippen LogP) is 4.03. The van der Waals surface area contributed by atoms with Gasteiger partial charge in [-0.25, -0.2) is 0 Å². The SMILES string of the molecule is CC(=O)NCC1(c2ccccc2)CCN(CC(=O)Nc2ccc(C(=O)c3ccccc3)cc2)CC1. The van der Waals surface area contributed by atoms with Crippen LogP contribution >= 0.6 is 0 Å². The van der Waals surface area contributed by atoms with Crippen LogP contribution < -0.4 is 10.6 Å². The molecule has 1 aliphatic rings. The number of hydrogen-bond acceptors (Lipinski definition) is 4. The minimum Gasteiger partial charge on any atom is -0.355 e. The molecule has 0 atom stereocenters. The second-order valence-electron chi connectivity index (χ2n) is 9.15. The monoisotopic (exact) mass is 469 g/mol. The van der Waals surface area contributed by atoms with Gasteiger partial charge in [-0.2, -0.15) is 0 Å². The molecule has 0 saturated carbocycles. The average Bonchev–Trinajstić information content (AvgIpc) is 2.89. The topological polar surface area (TPSA) is 78.5 Å². The molecule has 3 aromatic rings. The van der Waals surface area contributed by atoms with Crippen molar-refractivity contribution in [2.24, 2.45) is 0 Å². The van der Waals surface area contributed by atoms with Crippen LogP contribution in [-0.2, 0) is 15.0 Å². The summed E-state index contributed by atoms with van der Waals surface area (Å²) in [5, 5.41) is 5.94. The number of nitrogens with zero attached hydrogens (tertiary/aromatic N) is 1. The number of benzene rings is 3. The minimum absolute atomic E-state index is 0.0291. The highest BCUT2D eigenvalue weighted by atomic mass is 16.2. The number of anilines is 1. The maximum atomic E-state index is 12.7. The molecule has 1 fully saturated rings. The van der Waals surface area contributed by atoms with Crippen molar-refractivity contribution in [3.05, 3.63) is 102 Å². The summed E-state index contributed by atoms with van der Waals surface area (Å²) in [7, 11) is 0. The Morgan fingerprint density at radius 1 is 0.800 bits per heavy atom. The van der Waals surface area contributed by atoms with Gasteiger partial charge in [0, 0.05) is 35.7 Å². The van der Waals surface area contributed by atoms with Crippen molar-refractivity contribution < 1.29 is 14.4 Å². The zero-order valence-electron chi connectivity index (χ0n) is 20.0. The zero-order valence-corrected chi connectivity index (χ0v) is 20.0. The number of carbonyl (C=O) groups is 3. The van der Waals surface area contributed by atoms with E-state index >= 15 is 0 Å². The molecule has 0 aromatic heterocycles. The lowest BCUT2D eigenvalue weighted by molar-refractivity contribution is -0.119. The minimum atomic E-state index is -0.124. The summed E-state index contributed by atoms with van der Waals surface area (Å²) in [5.74, 6) is -0.155. The lowest BCUT2D eigenvalue weighted by Crippen LogP contribution is -2.50. The van der Waals surface area contributed by atoms with E-state index in [9.17, 15) is 14.4 Å². The summed E-state index contributed by atoms with van der Waals surface area (Å²) in [5.41, 5.74) is 2.99. The van der Waals surface area contributed by atoms with E-state index in [0.29, 0.717) is 29.9 Å². The zero-order chi connectivity index (χ0) is 24.7.